The Morgan fingerprint density at radius 2 is 2.25 bits per heavy atom. The number of guanidine groups is 2. The Balaban J connectivity index is 2.51. The minimum absolute atomic E-state index is 0.0223. The molecule has 6 nitrogen and oxygen atoms in total. The zero-order valence-electron chi connectivity index (χ0n) is 9.64. The third kappa shape index (κ3) is 3.64. The van der Waals surface area contributed by atoms with E-state index in [-0.39, 0.29) is 5.96 Å². The molecule has 0 amide bonds. The van der Waals surface area contributed by atoms with Gasteiger partial charge in [-0.15, -0.1) is 0 Å². The minimum Gasteiger partial charge on any atom is -0.370 e. The molecule has 1 aromatic rings. The highest BCUT2D eigenvalue weighted by Crippen LogP contribution is 2.00. The van der Waals surface area contributed by atoms with Crippen LogP contribution in [-0.4, -0.2) is 42.4 Å². The fourth-order valence-electron chi connectivity index (χ4n) is 1.33. The molecule has 0 unspecified atom stereocenters. The molecule has 0 radical (unpaired) electrons. The van der Waals surface area contributed by atoms with E-state index in [4.69, 9.17) is 11.5 Å². The van der Waals surface area contributed by atoms with E-state index >= 15 is 0 Å². The second-order valence-electron chi connectivity index (χ2n) is 3.45. The molecule has 0 spiro atoms. The summed E-state index contributed by atoms with van der Waals surface area (Å²) in [5.74, 6) is 0.560. The van der Waals surface area contributed by atoms with E-state index in [1.807, 2.05) is 30.4 Å². The summed E-state index contributed by atoms with van der Waals surface area (Å²) >= 11 is 0. The van der Waals surface area contributed by atoms with Crippen LogP contribution in [0.25, 0.3) is 0 Å². The van der Waals surface area contributed by atoms with Crippen LogP contribution in [0.4, 0.5) is 0 Å². The lowest BCUT2D eigenvalue weighted by Gasteiger charge is -2.17. The first-order valence-corrected chi connectivity index (χ1v) is 5.02. The zero-order valence-corrected chi connectivity index (χ0v) is 9.64. The Labute approximate surface area is 95.1 Å². The quantitative estimate of drug-likeness (QED) is 0.486. The van der Waals surface area contributed by atoms with Gasteiger partial charge in [0.05, 0.1) is 0 Å². The Morgan fingerprint density at radius 1 is 1.50 bits per heavy atom. The van der Waals surface area contributed by atoms with Crippen molar-refractivity contribution < 1.29 is 0 Å². The van der Waals surface area contributed by atoms with Gasteiger partial charge in [0.15, 0.2) is 5.96 Å². The van der Waals surface area contributed by atoms with Gasteiger partial charge in [0.2, 0.25) is 5.96 Å². The van der Waals surface area contributed by atoms with E-state index in [0.29, 0.717) is 5.96 Å². The summed E-state index contributed by atoms with van der Waals surface area (Å²) in [7, 11) is 3.57. The summed E-state index contributed by atoms with van der Waals surface area (Å²) in [6.07, 6.45) is 4.79. The van der Waals surface area contributed by atoms with Gasteiger partial charge >= 0.3 is 0 Å². The first-order chi connectivity index (χ1) is 7.63. The molecule has 6 heteroatoms. The molecule has 0 aliphatic heterocycles. The summed E-state index contributed by atoms with van der Waals surface area (Å²) in [6, 6.07) is 2.04. The van der Waals surface area contributed by atoms with Crippen LogP contribution in [-0.2, 0) is 6.42 Å². The van der Waals surface area contributed by atoms with Gasteiger partial charge in [0.25, 0.3) is 0 Å². The van der Waals surface area contributed by atoms with Gasteiger partial charge in [-0.25, -0.2) is 0 Å². The molecule has 5 N–H and O–H groups in total. The third-order valence-electron chi connectivity index (χ3n) is 2.17. The van der Waals surface area contributed by atoms with Crippen LogP contribution in [0.15, 0.2) is 28.4 Å². The molecule has 16 heavy (non-hydrogen) atoms. The van der Waals surface area contributed by atoms with Crippen molar-refractivity contribution in [2.45, 2.75) is 6.42 Å². The van der Waals surface area contributed by atoms with E-state index in [1.165, 1.54) is 5.56 Å². The van der Waals surface area contributed by atoms with Crippen LogP contribution < -0.4 is 11.5 Å². The molecule has 88 valence electrons. The second-order valence-corrected chi connectivity index (χ2v) is 3.45. The molecular formula is C10H18N6. The Bertz CT molecular complexity index is 361. The number of likely N-dealkylation sites (N-methyl/N-ethyl adjacent to an activating group) is 1. The molecule has 0 atom stereocenters. The number of aliphatic imine (C=N–C) groups is 2. The molecule has 1 heterocycles. The highest BCUT2D eigenvalue weighted by atomic mass is 15.3. The van der Waals surface area contributed by atoms with Crippen LogP contribution in [0.5, 0.6) is 0 Å². The van der Waals surface area contributed by atoms with Crippen molar-refractivity contribution in [1.82, 2.24) is 9.88 Å². The predicted molar refractivity (Wildman–Crippen MR) is 66.3 cm³/mol. The molecule has 0 aliphatic carbocycles. The van der Waals surface area contributed by atoms with Gasteiger partial charge in [0.1, 0.15) is 0 Å². The van der Waals surface area contributed by atoms with Gasteiger partial charge in [-0.05, 0) is 18.1 Å². The average molecular weight is 222 g/mol. The van der Waals surface area contributed by atoms with E-state index in [1.54, 1.807) is 7.05 Å². The summed E-state index contributed by atoms with van der Waals surface area (Å²) in [5, 5.41) is 0. The van der Waals surface area contributed by atoms with Crippen LogP contribution in [0.1, 0.15) is 5.56 Å². The van der Waals surface area contributed by atoms with Gasteiger partial charge in [-0.2, -0.15) is 4.99 Å². The Hall–Kier alpha value is -1.98. The van der Waals surface area contributed by atoms with Crippen LogP contribution in [0, 0.1) is 0 Å². The van der Waals surface area contributed by atoms with Crippen molar-refractivity contribution in [3.63, 3.8) is 0 Å². The van der Waals surface area contributed by atoms with Gasteiger partial charge in [-0.1, -0.05) is 0 Å². The smallest absolute Gasteiger partial charge is 0.223 e. The minimum atomic E-state index is 0.0223. The number of nitrogens with zero attached hydrogens (tertiary/aromatic N) is 3. The lowest BCUT2D eigenvalue weighted by Crippen LogP contribution is -2.32. The van der Waals surface area contributed by atoms with Crippen LogP contribution >= 0.6 is 0 Å². The van der Waals surface area contributed by atoms with Crippen LogP contribution in [0.2, 0.25) is 0 Å². The fourth-order valence-corrected chi connectivity index (χ4v) is 1.33. The first-order valence-electron chi connectivity index (χ1n) is 5.02. The lowest BCUT2D eigenvalue weighted by molar-refractivity contribution is 0.502. The van der Waals surface area contributed by atoms with E-state index in [0.717, 1.165) is 13.0 Å². The highest BCUT2D eigenvalue weighted by molar-refractivity contribution is 5.93. The third-order valence-corrected chi connectivity index (χ3v) is 2.17. The molecular weight excluding hydrogens is 204 g/mol. The largest absolute Gasteiger partial charge is 0.370 e. The first kappa shape index (κ1) is 12.1. The molecule has 0 saturated heterocycles. The number of nitrogens with one attached hydrogen (secondary N) is 1. The molecule has 0 aromatic carbocycles. The summed E-state index contributed by atoms with van der Waals surface area (Å²) < 4.78 is 0. The van der Waals surface area contributed by atoms with Crippen molar-refractivity contribution in [3.8, 4) is 0 Å². The Kier molecular flexibility index (Phi) is 4.38. The summed E-state index contributed by atoms with van der Waals surface area (Å²) in [4.78, 5) is 12.9. The van der Waals surface area contributed by atoms with Crippen LogP contribution in [0.3, 0.4) is 0 Å². The highest BCUT2D eigenvalue weighted by Gasteiger charge is 2.04. The summed E-state index contributed by atoms with van der Waals surface area (Å²) in [6.45, 7) is 0.807. The second kappa shape index (κ2) is 5.79. The fraction of sp³-hybridized carbons (Fsp3) is 0.400. The van der Waals surface area contributed by atoms with Crippen molar-refractivity contribution in [3.05, 3.63) is 24.0 Å². The maximum atomic E-state index is 5.31. The maximum absolute atomic E-state index is 5.31. The number of aromatic nitrogens is 1. The molecule has 1 aromatic heterocycles. The number of hydrogen-bond acceptors (Lipinski definition) is 1. The number of aromatic amines is 1. The normalized spacial score (nSPS) is 11.2. The van der Waals surface area contributed by atoms with Gasteiger partial charge < -0.3 is 21.4 Å². The zero-order chi connectivity index (χ0) is 12.0. The molecule has 0 bridgehead atoms. The van der Waals surface area contributed by atoms with Gasteiger partial charge in [-0.3, -0.25) is 4.99 Å². The lowest BCUT2D eigenvalue weighted by atomic mass is 10.2. The van der Waals surface area contributed by atoms with E-state index in [2.05, 4.69) is 15.0 Å². The summed E-state index contributed by atoms with van der Waals surface area (Å²) in [5.41, 5.74) is 11.9. The Morgan fingerprint density at radius 3 is 2.75 bits per heavy atom. The SMILES string of the molecule is CN=C(N=C(N)N)N(C)CCc1cc[nH]c1. The number of hydrogen-bond donors (Lipinski definition) is 3. The topological polar surface area (TPSA) is 95.8 Å². The molecule has 1 rings (SSSR count). The van der Waals surface area contributed by atoms with Crippen molar-refractivity contribution in [2.75, 3.05) is 20.6 Å². The molecule has 0 fully saturated rings. The number of nitrogens with two attached hydrogens (primary N) is 2. The number of rotatable bonds is 3. The molecule has 0 aliphatic rings. The van der Waals surface area contributed by atoms with Crippen molar-refractivity contribution in [1.29, 1.82) is 0 Å². The van der Waals surface area contributed by atoms with E-state index in [9.17, 15) is 0 Å². The van der Waals surface area contributed by atoms with Crippen molar-refractivity contribution >= 4 is 11.9 Å². The number of H-pyrrole nitrogens is 1. The predicted octanol–water partition coefficient (Wildman–Crippen LogP) is -0.252. The van der Waals surface area contributed by atoms with Crippen molar-refractivity contribution in [2.24, 2.45) is 21.5 Å². The van der Waals surface area contributed by atoms with Gasteiger partial charge in [0, 0.05) is 33.0 Å². The average Bonchev–Trinajstić information content (AvgIpc) is 2.75. The standard InChI is InChI=1S/C10H18N6/c1-13-10(15-9(11)12)16(2)6-4-8-3-5-14-7-8/h3,5,7,14H,4,6H2,1-2H3,(H4,11,12,13,15). The van der Waals surface area contributed by atoms with E-state index < -0.39 is 0 Å². The monoisotopic (exact) mass is 222 g/mol. The maximum Gasteiger partial charge on any atom is 0.223 e. The molecule has 0 saturated carbocycles.